The van der Waals surface area contributed by atoms with Crippen LogP contribution >= 0.6 is 0 Å². The van der Waals surface area contributed by atoms with E-state index in [-0.39, 0.29) is 28.6 Å². The van der Waals surface area contributed by atoms with Gasteiger partial charge in [0.15, 0.2) is 0 Å². The van der Waals surface area contributed by atoms with Crippen LogP contribution in [-0.4, -0.2) is 18.4 Å². The number of carbonyl (C=O) groups is 2. The van der Waals surface area contributed by atoms with Crippen LogP contribution in [-0.2, 0) is 14.3 Å². The van der Waals surface area contributed by atoms with Gasteiger partial charge in [-0.3, -0.25) is 9.59 Å². The van der Waals surface area contributed by atoms with E-state index in [2.05, 4.69) is 13.8 Å². The van der Waals surface area contributed by atoms with Gasteiger partial charge in [-0.2, -0.15) is 0 Å². The molecule has 0 aromatic carbocycles. The Morgan fingerprint density at radius 1 is 1.11 bits per heavy atom. The smallest absolute Gasteiger partial charge is 0.309 e. The summed E-state index contributed by atoms with van der Waals surface area (Å²) in [6, 6.07) is 0. The van der Waals surface area contributed by atoms with E-state index in [1.807, 2.05) is 0 Å². The molecule has 4 rings (SSSR count). The van der Waals surface area contributed by atoms with Gasteiger partial charge < -0.3 is 4.74 Å². The molecular weight excluding hydrogens is 228 g/mol. The van der Waals surface area contributed by atoms with Crippen LogP contribution in [0.1, 0.15) is 39.5 Å². The maximum Gasteiger partial charge on any atom is 0.309 e. The van der Waals surface area contributed by atoms with Crippen LogP contribution in [0, 0.1) is 34.5 Å². The van der Waals surface area contributed by atoms with Crippen LogP contribution in [0.2, 0.25) is 0 Å². The van der Waals surface area contributed by atoms with Crippen molar-refractivity contribution in [2.45, 2.75) is 39.5 Å². The second-order valence-corrected chi connectivity index (χ2v) is 7.47. The predicted octanol–water partition coefficient (Wildman–Crippen LogP) is 2.19. The Balaban J connectivity index is 1.90. The molecule has 4 aliphatic rings. The zero-order valence-electron chi connectivity index (χ0n) is 11.1. The number of ketones is 1. The molecule has 2 bridgehead atoms. The Labute approximate surface area is 107 Å². The largest absolute Gasteiger partial charge is 0.465 e. The number of esters is 1. The quantitative estimate of drug-likeness (QED) is 0.617. The first-order chi connectivity index (χ1) is 8.47. The number of ether oxygens (including phenoxy) is 1. The second-order valence-electron chi connectivity index (χ2n) is 7.47. The summed E-state index contributed by atoms with van der Waals surface area (Å²) in [5.41, 5.74) is 0.259. The van der Waals surface area contributed by atoms with Crippen molar-refractivity contribution in [2.75, 3.05) is 6.61 Å². The molecule has 0 amide bonds. The van der Waals surface area contributed by atoms with E-state index >= 15 is 0 Å². The fraction of sp³-hybridized carbons (Fsp3) is 0.867. The summed E-state index contributed by atoms with van der Waals surface area (Å²) >= 11 is 0. The molecule has 0 radical (unpaired) electrons. The molecule has 98 valence electrons. The number of rotatable bonds is 0. The van der Waals surface area contributed by atoms with Crippen molar-refractivity contribution in [1.29, 1.82) is 0 Å². The number of hydrogen-bond donors (Lipinski definition) is 0. The van der Waals surface area contributed by atoms with Gasteiger partial charge in [0.05, 0.1) is 11.8 Å². The van der Waals surface area contributed by atoms with Crippen molar-refractivity contribution < 1.29 is 14.3 Å². The van der Waals surface area contributed by atoms with Crippen molar-refractivity contribution in [3.05, 3.63) is 0 Å². The number of hydrogen-bond acceptors (Lipinski definition) is 3. The maximum atomic E-state index is 12.3. The molecular formula is C15H20O3. The third-order valence-electron chi connectivity index (χ3n) is 6.49. The molecule has 3 nitrogen and oxygen atoms in total. The molecule has 1 aliphatic heterocycles. The fourth-order valence-electron chi connectivity index (χ4n) is 6.03. The minimum Gasteiger partial charge on any atom is -0.465 e. The Hall–Kier alpha value is -0.860. The van der Waals surface area contributed by atoms with Crippen LogP contribution in [0.25, 0.3) is 0 Å². The molecule has 3 saturated carbocycles. The molecule has 0 aromatic heterocycles. The van der Waals surface area contributed by atoms with E-state index in [4.69, 9.17) is 4.74 Å². The van der Waals surface area contributed by atoms with Crippen LogP contribution in [0.3, 0.4) is 0 Å². The Bertz CT molecular complexity index is 451. The minimum absolute atomic E-state index is 0.00530. The van der Waals surface area contributed by atoms with Crippen LogP contribution in [0.5, 0.6) is 0 Å². The van der Waals surface area contributed by atoms with E-state index < -0.39 is 0 Å². The lowest BCUT2D eigenvalue weighted by atomic mass is 9.58. The highest BCUT2D eigenvalue weighted by Crippen LogP contribution is 2.73. The van der Waals surface area contributed by atoms with Gasteiger partial charge >= 0.3 is 5.97 Å². The van der Waals surface area contributed by atoms with E-state index in [1.165, 1.54) is 0 Å². The van der Waals surface area contributed by atoms with E-state index in [0.29, 0.717) is 30.6 Å². The zero-order chi connectivity index (χ0) is 12.7. The van der Waals surface area contributed by atoms with Crippen LogP contribution in [0.4, 0.5) is 0 Å². The van der Waals surface area contributed by atoms with Gasteiger partial charge in [-0.1, -0.05) is 13.8 Å². The first kappa shape index (κ1) is 11.0. The highest BCUT2D eigenvalue weighted by molar-refractivity contribution is 5.89. The van der Waals surface area contributed by atoms with Gasteiger partial charge in [0.1, 0.15) is 12.4 Å². The molecule has 1 spiro atoms. The van der Waals surface area contributed by atoms with Gasteiger partial charge in [-0.05, 0) is 36.5 Å². The van der Waals surface area contributed by atoms with Crippen molar-refractivity contribution in [3.63, 3.8) is 0 Å². The summed E-state index contributed by atoms with van der Waals surface area (Å²) < 4.78 is 5.30. The first-order valence-corrected chi connectivity index (χ1v) is 7.16. The van der Waals surface area contributed by atoms with E-state index in [1.54, 1.807) is 0 Å². The molecule has 3 heteroatoms. The molecule has 0 N–H and O–H groups in total. The van der Waals surface area contributed by atoms with Gasteiger partial charge in [0.2, 0.25) is 0 Å². The zero-order valence-corrected chi connectivity index (χ0v) is 11.1. The fourth-order valence-corrected chi connectivity index (χ4v) is 6.03. The normalized spacial score (nSPS) is 52.1. The van der Waals surface area contributed by atoms with Gasteiger partial charge in [-0.15, -0.1) is 0 Å². The molecule has 1 saturated heterocycles. The topological polar surface area (TPSA) is 43.4 Å². The monoisotopic (exact) mass is 248 g/mol. The molecule has 4 fully saturated rings. The molecule has 1 heterocycles. The van der Waals surface area contributed by atoms with Crippen molar-refractivity contribution >= 4 is 11.8 Å². The number of cyclic esters (lactones) is 1. The van der Waals surface area contributed by atoms with Gasteiger partial charge in [0, 0.05) is 11.8 Å². The number of carbonyl (C=O) groups excluding carboxylic acids is 2. The van der Waals surface area contributed by atoms with Crippen molar-refractivity contribution in [1.82, 2.24) is 0 Å². The van der Waals surface area contributed by atoms with E-state index in [0.717, 1.165) is 19.3 Å². The third-order valence-corrected chi connectivity index (χ3v) is 6.49. The Morgan fingerprint density at radius 2 is 1.89 bits per heavy atom. The Kier molecular flexibility index (Phi) is 1.83. The van der Waals surface area contributed by atoms with Crippen LogP contribution < -0.4 is 0 Å². The average Bonchev–Trinajstić information content (AvgIpc) is 2.60. The maximum absolute atomic E-state index is 12.3. The van der Waals surface area contributed by atoms with Gasteiger partial charge in [-0.25, -0.2) is 0 Å². The summed E-state index contributed by atoms with van der Waals surface area (Å²) in [4.78, 5) is 24.4. The lowest BCUT2D eigenvalue weighted by Crippen LogP contribution is -2.51. The minimum atomic E-state index is -0.0289. The average molecular weight is 248 g/mol. The highest BCUT2D eigenvalue weighted by atomic mass is 16.5. The number of Topliss-reactive ketones (excluding diaryl/α,β-unsaturated/α-hetero) is 1. The standard InChI is InChI=1S/C15H20O3/c1-14(2)7-15-9-4-3-8(14)10(15)5-12(16)11(15)6-18-13(9)17/h8-11H,3-7H2,1-2H3/t8-,9+,10-,11+,15?/m1/s1. The lowest BCUT2D eigenvalue weighted by Gasteiger charge is -2.47. The summed E-state index contributed by atoms with van der Waals surface area (Å²) in [7, 11) is 0. The van der Waals surface area contributed by atoms with Crippen molar-refractivity contribution in [3.8, 4) is 0 Å². The second kappa shape index (κ2) is 3.00. The predicted molar refractivity (Wildman–Crippen MR) is 64.6 cm³/mol. The third kappa shape index (κ3) is 0.996. The summed E-state index contributed by atoms with van der Waals surface area (Å²) in [5, 5.41) is 0. The molecule has 0 aromatic rings. The SMILES string of the molecule is CC1(C)CC23[C@@H]4CC(=O)[C@@H]2COC(=O)[C@@H]3CC[C@H]41. The molecule has 18 heavy (non-hydrogen) atoms. The highest BCUT2D eigenvalue weighted by Gasteiger charge is 2.72. The summed E-state index contributed by atoms with van der Waals surface area (Å²) in [6.45, 7) is 5.01. The van der Waals surface area contributed by atoms with E-state index in [9.17, 15) is 9.59 Å². The molecule has 3 aliphatic carbocycles. The Morgan fingerprint density at radius 3 is 2.67 bits per heavy atom. The summed E-state index contributed by atoms with van der Waals surface area (Å²) in [6.07, 6.45) is 3.78. The van der Waals surface area contributed by atoms with Gasteiger partial charge in [0.25, 0.3) is 0 Å². The first-order valence-electron chi connectivity index (χ1n) is 7.16. The molecule has 5 atom stereocenters. The summed E-state index contributed by atoms with van der Waals surface area (Å²) in [5.74, 6) is 1.44. The van der Waals surface area contributed by atoms with Crippen LogP contribution in [0.15, 0.2) is 0 Å². The molecule has 1 unspecified atom stereocenters. The van der Waals surface area contributed by atoms with Crippen molar-refractivity contribution in [2.24, 2.45) is 34.5 Å². The lowest BCUT2D eigenvalue weighted by molar-refractivity contribution is -0.175.